The number of pyridine rings is 1. The smallest absolute Gasteiger partial charge is 0.272 e. The molecule has 3 aliphatic heterocycles. The van der Waals surface area contributed by atoms with E-state index in [2.05, 4.69) is 28.6 Å². The van der Waals surface area contributed by atoms with Crippen molar-refractivity contribution in [1.82, 2.24) is 19.7 Å². The molecular formula is C35H38N4O5S. The Balaban J connectivity index is 0.941. The van der Waals surface area contributed by atoms with E-state index >= 15 is 0 Å². The van der Waals surface area contributed by atoms with Crippen LogP contribution in [0, 0.1) is 0 Å². The van der Waals surface area contributed by atoms with Gasteiger partial charge >= 0.3 is 0 Å². The zero-order valence-corrected chi connectivity index (χ0v) is 26.4. The third-order valence-corrected chi connectivity index (χ3v) is 11.4. The average Bonchev–Trinajstić information content (AvgIpc) is 3.56. The Bertz CT molecular complexity index is 1820. The lowest BCUT2D eigenvalue weighted by Gasteiger charge is -2.47. The van der Waals surface area contributed by atoms with Gasteiger partial charge in [0.25, 0.3) is 5.91 Å². The number of benzene rings is 3. The monoisotopic (exact) mass is 626 g/mol. The maximum atomic E-state index is 13.3. The van der Waals surface area contributed by atoms with Crippen molar-refractivity contribution >= 4 is 26.6 Å². The Morgan fingerprint density at radius 1 is 0.867 bits per heavy atom. The first-order valence-corrected chi connectivity index (χ1v) is 17.2. The van der Waals surface area contributed by atoms with Crippen molar-refractivity contribution in [3.05, 3.63) is 90.1 Å². The molecule has 7 rings (SSSR count). The zero-order chi connectivity index (χ0) is 31.1. The zero-order valence-electron chi connectivity index (χ0n) is 25.6. The van der Waals surface area contributed by atoms with E-state index in [9.17, 15) is 13.2 Å². The van der Waals surface area contributed by atoms with Gasteiger partial charge in [0, 0.05) is 62.3 Å². The van der Waals surface area contributed by atoms with Crippen LogP contribution in [0.25, 0.3) is 10.9 Å². The molecule has 0 radical (unpaired) electrons. The number of hydrogen-bond donors (Lipinski definition) is 0. The molecule has 0 unspecified atom stereocenters. The predicted molar refractivity (Wildman–Crippen MR) is 171 cm³/mol. The molecule has 3 aliphatic rings. The van der Waals surface area contributed by atoms with Crippen molar-refractivity contribution < 1.29 is 22.7 Å². The SMILES string of the molecule is C[C@@H]1CN(C2CCN(C(=O)c3ccc4ccccc4n3)CC2)CCN1[C@@H](C)c1ccc(S(=O)(=O)c2ccc3c(c2)OCO3)cc1. The molecule has 3 aromatic carbocycles. The number of carbonyl (C=O) groups is 1. The second kappa shape index (κ2) is 12.1. The molecule has 4 aromatic rings. The van der Waals surface area contributed by atoms with Gasteiger partial charge < -0.3 is 14.4 Å². The van der Waals surface area contributed by atoms with E-state index in [-0.39, 0.29) is 28.5 Å². The maximum Gasteiger partial charge on any atom is 0.272 e. The van der Waals surface area contributed by atoms with E-state index in [1.807, 2.05) is 53.4 Å². The van der Waals surface area contributed by atoms with Crippen LogP contribution in [-0.2, 0) is 9.84 Å². The Labute approximate surface area is 264 Å². The number of ether oxygens (including phenoxy) is 2. The standard InChI is InChI=1S/C35H38N4O5S/c1-24-22-38(28-15-17-37(18-16-28)35(40)32-13-9-27-5-3-4-6-31(27)36-32)19-20-39(24)25(2)26-7-10-29(11-8-26)45(41,42)30-12-14-33-34(21-30)44-23-43-33/h3-14,21,24-25,28H,15-20,22-23H2,1-2H3/t24-,25+/m1/s1. The van der Waals surface area contributed by atoms with Crippen molar-refractivity contribution in [2.75, 3.05) is 39.5 Å². The quantitative estimate of drug-likeness (QED) is 0.290. The molecule has 0 spiro atoms. The van der Waals surface area contributed by atoms with E-state index in [1.54, 1.807) is 24.3 Å². The highest BCUT2D eigenvalue weighted by Gasteiger charge is 2.34. The number of hydrogen-bond acceptors (Lipinski definition) is 8. The second-order valence-electron chi connectivity index (χ2n) is 12.3. The summed E-state index contributed by atoms with van der Waals surface area (Å²) in [6.45, 7) is 8.91. The summed E-state index contributed by atoms with van der Waals surface area (Å²) in [6, 6.07) is 24.6. The molecule has 234 valence electrons. The number of aromatic nitrogens is 1. The van der Waals surface area contributed by atoms with Crippen LogP contribution in [0.15, 0.2) is 88.7 Å². The molecule has 2 fully saturated rings. The number of likely N-dealkylation sites (tertiary alicyclic amines) is 1. The fourth-order valence-electron chi connectivity index (χ4n) is 6.99. The number of sulfone groups is 1. The first kappa shape index (κ1) is 29.7. The van der Waals surface area contributed by atoms with E-state index in [0.717, 1.165) is 62.0 Å². The third-order valence-electron chi connectivity index (χ3n) is 9.62. The van der Waals surface area contributed by atoms with Gasteiger partial charge in [-0.05, 0) is 68.7 Å². The fourth-order valence-corrected chi connectivity index (χ4v) is 8.26. The van der Waals surface area contributed by atoms with Gasteiger partial charge in [0.05, 0.1) is 15.3 Å². The second-order valence-corrected chi connectivity index (χ2v) is 14.2. The predicted octanol–water partition coefficient (Wildman–Crippen LogP) is 5.17. The third kappa shape index (κ3) is 5.78. The summed E-state index contributed by atoms with van der Waals surface area (Å²) in [5.74, 6) is 1.02. The molecule has 1 aromatic heterocycles. The lowest BCUT2D eigenvalue weighted by molar-refractivity contribution is 0.0134. The maximum absolute atomic E-state index is 13.3. The van der Waals surface area contributed by atoms with E-state index in [0.29, 0.717) is 29.3 Å². The summed E-state index contributed by atoms with van der Waals surface area (Å²) in [6.07, 6.45) is 1.92. The average molecular weight is 627 g/mol. The van der Waals surface area contributed by atoms with Crippen LogP contribution >= 0.6 is 0 Å². The first-order chi connectivity index (χ1) is 21.8. The summed E-state index contributed by atoms with van der Waals surface area (Å²) >= 11 is 0. The largest absolute Gasteiger partial charge is 0.454 e. The van der Waals surface area contributed by atoms with E-state index < -0.39 is 9.84 Å². The highest BCUT2D eigenvalue weighted by atomic mass is 32.2. The summed E-state index contributed by atoms with van der Waals surface area (Å²) in [4.78, 5) is 25.3. The Hall–Kier alpha value is -3.99. The Morgan fingerprint density at radius 3 is 2.38 bits per heavy atom. The van der Waals surface area contributed by atoms with Gasteiger partial charge in [-0.15, -0.1) is 0 Å². The van der Waals surface area contributed by atoms with Gasteiger partial charge in [-0.2, -0.15) is 0 Å². The van der Waals surface area contributed by atoms with E-state index in [1.165, 1.54) is 6.07 Å². The minimum absolute atomic E-state index is 0.0147. The lowest BCUT2D eigenvalue weighted by atomic mass is 9.98. The molecule has 0 saturated carbocycles. The van der Waals surface area contributed by atoms with Crippen LogP contribution in [0.5, 0.6) is 11.5 Å². The summed E-state index contributed by atoms with van der Waals surface area (Å²) in [5, 5.41) is 1.04. The number of piperazine rings is 1. The van der Waals surface area contributed by atoms with Gasteiger partial charge in [0.1, 0.15) is 5.69 Å². The van der Waals surface area contributed by atoms with Crippen LogP contribution < -0.4 is 9.47 Å². The molecule has 1 amide bonds. The molecule has 9 nitrogen and oxygen atoms in total. The van der Waals surface area contributed by atoms with Gasteiger partial charge in [-0.25, -0.2) is 13.4 Å². The van der Waals surface area contributed by atoms with Gasteiger partial charge in [-0.1, -0.05) is 36.4 Å². The van der Waals surface area contributed by atoms with Gasteiger partial charge in [-0.3, -0.25) is 14.6 Å². The highest BCUT2D eigenvalue weighted by Crippen LogP contribution is 2.36. The Kier molecular flexibility index (Phi) is 7.97. The molecule has 45 heavy (non-hydrogen) atoms. The molecule has 0 N–H and O–H groups in total. The van der Waals surface area contributed by atoms with Crippen LogP contribution in [0.2, 0.25) is 0 Å². The highest BCUT2D eigenvalue weighted by molar-refractivity contribution is 7.91. The van der Waals surface area contributed by atoms with Crippen LogP contribution in [0.3, 0.4) is 0 Å². The molecule has 0 aliphatic carbocycles. The molecule has 2 atom stereocenters. The fraction of sp³-hybridized carbons (Fsp3) is 0.371. The number of rotatable bonds is 6. The van der Waals surface area contributed by atoms with Gasteiger partial charge in [0.15, 0.2) is 11.5 Å². The minimum Gasteiger partial charge on any atom is -0.454 e. The summed E-state index contributed by atoms with van der Waals surface area (Å²) in [5.41, 5.74) is 2.46. The summed E-state index contributed by atoms with van der Waals surface area (Å²) < 4.78 is 37.3. The molecular weight excluding hydrogens is 588 g/mol. The first-order valence-electron chi connectivity index (χ1n) is 15.7. The normalized spacial score (nSPS) is 20.4. The van der Waals surface area contributed by atoms with Crippen LogP contribution in [0.1, 0.15) is 48.8 Å². The van der Waals surface area contributed by atoms with Crippen molar-refractivity contribution in [3.63, 3.8) is 0 Å². The molecule has 10 heteroatoms. The minimum atomic E-state index is -3.68. The van der Waals surface area contributed by atoms with Crippen molar-refractivity contribution in [3.8, 4) is 11.5 Å². The number of nitrogens with zero attached hydrogens (tertiary/aromatic N) is 4. The lowest BCUT2D eigenvalue weighted by Crippen LogP contribution is -2.57. The summed E-state index contributed by atoms with van der Waals surface area (Å²) in [7, 11) is -3.68. The number of carbonyl (C=O) groups excluding carboxylic acids is 1. The van der Waals surface area contributed by atoms with Gasteiger partial charge in [0.2, 0.25) is 16.6 Å². The number of fused-ring (bicyclic) bond motifs is 2. The Morgan fingerprint density at radius 2 is 1.60 bits per heavy atom. The van der Waals surface area contributed by atoms with Crippen molar-refractivity contribution in [2.24, 2.45) is 0 Å². The number of amides is 1. The number of piperidine rings is 1. The van der Waals surface area contributed by atoms with E-state index in [4.69, 9.17) is 9.47 Å². The molecule has 2 saturated heterocycles. The van der Waals surface area contributed by atoms with Crippen molar-refractivity contribution in [1.29, 1.82) is 0 Å². The number of para-hydroxylation sites is 1. The molecule has 4 heterocycles. The molecule has 0 bridgehead atoms. The topological polar surface area (TPSA) is 92.3 Å². The van der Waals surface area contributed by atoms with Crippen LogP contribution in [-0.4, -0.2) is 85.6 Å². The van der Waals surface area contributed by atoms with Crippen LogP contribution in [0.4, 0.5) is 0 Å². The van der Waals surface area contributed by atoms with Crippen molar-refractivity contribution in [2.45, 2.75) is 54.6 Å².